The molecular formula is C24H29NO5. The highest BCUT2D eigenvalue weighted by atomic mass is 16.5. The third-order valence-corrected chi connectivity index (χ3v) is 7.31. The van der Waals surface area contributed by atoms with Gasteiger partial charge in [-0.3, -0.25) is 4.79 Å². The Morgan fingerprint density at radius 2 is 2.07 bits per heavy atom. The van der Waals surface area contributed by atoms with E-state index in [4.69, 9.17) is 9.15 Å². The smallest absolute Gasteiger partial charge is 0.339 e. The minimum absolute atomic E-state index is 0.0440. The van der Waals surface area contributed by atoms with Crippen LogP contribution in [0.25, 0.3) is 11.0 Å². The second kappa shape index (κ2) is 7.41. The maximum atomic E-state index is 12.9. The van der Waals surface area contributed by atoms with Crippen molar-refractivity contribution >= 4 is 16.9 Å². The zero-order valence-corrected chi connectivity index (χ0v) is 17.5. The Hall–Kier alpha value is -2.34. The lowest BCUT2D eigenvalue weighted by atomic mass is 9.71. The molecule has 6 nitrogen and oxygen atoms in total. The number of carbonyl (C=O) groups is 1. The molecule has 5 rings (SSSR count). The largest absolute Gasteiger partial charge is 0.483 e. The average Bonchev–Trinajstić information content (AvgIpc) is 3.21. The fourth-order valence-electron chi connectivity index (χ4n) is 5.65. The lowest BCUT2D eigenvalue weighted by molar-refractivity contribution is -0.145. The highest BCUT2D eigenvalue weighted by Gasteiger charge is 2.43. The number of rotatable bonds is 3. The number of piperidine rings is 1. The summed E-state index contributed by atoms with van der Waals surface area (Å²) < 4.78 is 11.6. The Bertz CT molecular complexity index is 1060. The lowest BCUT2D eigenvalue weighted by Gasteiger charge is -2.47. The molecule has 160 valence electrons. The highest BCUT2D eigenvalue weighted by molar-refractivity contribution is 5.89. The van der Waals surface area contributed by atoms with E-state index in [0.717, 1.165) is 67.0 Å². The van der Waals surface area contributed by atoms with Gasteiger partial charge in [0, 0.05) is 24.6 Å². The van der Waals surface area contributed by atoms with E-state index in [1.807, 2.05) is 24.0 Å². The van der Waals surface area contributed by atoms with Gasteiger partial charge >= 0.3 is 5.63 Å². The number of hydrogen-bond acceptors (Lipinski definition) is 5. The van der Waals surface area contributed by atoms with Crippen LogP contribution >= 0.6 is 0 Å². The fraction of sp³-hybridized carbons (Fsp3) is 0.583. The van der Waals surface area contributed by atoms with Gasteiger partial charge in [0.05, 0.1) is 11.0 Å². The number of nitrogens with zero attached hydrogens (tertiary/aromatic N) is 1. The van der Waals surface area contributed by atoms with Crippen LogP contribution in [0.15, 0.2) is 21.3 Å². The van der Waals surface area contributed by atoms with Crippen molar-refractivity contribution in [2.45, 2.75) is 63.9 Å². The molecule has 1 N–H and O–H groups in total. The van der Waals surface area contributed by atoms with Crippen molar-refractivity contribution in [3.8, 4) is 5.75 Å². The van der Waals surface area contributed by atoms with Gasteiger partial charge in [-0.15, -0.1) is 0 Å². The molecule has 3 aliphatic rings. The van der Waals surface area contributed by atoms with Gasteiger partial charge < -0.3 is 19.2 Å². The predicted octanol–water partition coefficient (Wildman–Crippen LogP) is 3.12. The molecule has 2 aromatic rings. The summed E-state index contributed by atoms with van der Waals surface area (Å²) in [5.74, 6) is 0.735. The molecule has 1 aromatic heterocycles. The number of carbonyl (C=O) groups excluding carboxylic acids is 1. The van der Waals surface area contributed by atoms with E-state index in [0.29, 0.717) is 30.8 Å². The first-order chi connectivity index (χ1) is 14.4. The maximum absolute atomic E-state index is 12.9. The van der Waals surface area contributed by atoms with Crippen LogP contribution in [-0.4, -0.2) is 41.2 Å². The molecule has 2 aliphatic carbocycles. The summed E-state index contributed by atoms with van der Waals surface area (Å²) in [6.07, 6.45) is 7.17. The van der Waals surface area contributed by atoms with Crippen LogP contribution in [0.4, 0.5) is 0 Å². The molecule has 6 heteroatoms. The Balaban J connectivity index is 1.36. The molecule has 0 spiro atoms. The summed E-state index contributed by atoms with van der Waals surface area (Å²) in [5.41, 5.74) is 2.37. The van der Waals surface area contributed by atoms with Gasteiger partial charge in [0.2, 0.25) is 0 Å². The van der Waals surface area contributed by atoms with Gasteiger partial charge in [0.15, 0.2) is 6.61 Å². The molecule has 0 unspecified atom stereocenters. The van der Waals surface area contributed by atoms with Crippen molar-refractivity contribution < 1.29 is 19.1 Å². The van der Waals surface area contributed by atoms with E-state index in [2.05, 4.69) is 0 Å². The number of benzene rings is 1. The van der Waals surface area contributed by atoms with E-state index in [-0.39, 0.29) is 24.1 Å². The summed E-state index contributed by atoms with van der Waals surface area (Å²) in [7, 11) is 0. The highest BCUT2D eigenvalue weighted by Crippen LogP contribution is 2.40. The summed E-state index contributed by atoms with van der Waals surface area (Å²) in [4.78, 5) is 27.0. The van der Waals surface area contributed by atoms with E-state index in [9.17, 15) is 14.7 Å². The van der Waals surface area contributed by atoms with Gasteiger partial charge in [-0.25, -0.2) is 4.79 Å². The van der Waals surface area contributed by atoms with Crippen molar-refractivity contribution in [1.82, 2.24) is 4.90 Å². The molecule has 30 heavy (non-hydrogen) atoms. The first kappa shape index (κ1) is 19.6. The van der Waals surface area contributed by atoms with E-state index in [1.165, 1.54) is 0 Å². The predicted molar refractivity (Wildman–Crippen MR) is 113 cm³/mol. The molecule has 1 aliphatic heterocycles. The van der Waals surface area contributed by atoms with Crippen molar-refractivity contribution in [1.29, 1.82) is 0 Å². The Kier molecular flexibility index (Phi) is 4.85. The van der Waals surface area contributed by atoms with Gasteiger partial charge in [-0.1, -0.05) is 12.8 Å². The summed E-state index contributed by atoms with van der Waals surface area (Å²) >= 11 is 0. The first-order valence-corrected chi connectivity index (χ1v) is 11.2. The Morgan fingerprint density at radius 1 is 1.23 bits per heavy atom. The molecule has 2 heterocycles. The minimum Gasteiger partial charge on any atom is -0.483 e. The number of fused-ring (bicyclic) bond motifs is 4. The van der Waals surface area contributed by atoms with E-state index >= 15 is 0 Å². The van der Waals surface area contributed by atoms with Crippen LogP contribution < -0.4 is 10.4 Å². The number of aliphatic hydroxyl groups is 1. The molecule has 1 saturated carbocycles. The van der Waals surface area contributed by atoms with Gasteiger partial charge in [-0.2, -0.15) is 0 Å². The van der Waals surface area contributed by atoms with Gasteiger partial charge in [-0.05, 0) is 68.7 Å². The van der Waals surface area contributed by atoms with Crippen molar-refractivity contribution in [3.63, 3.8) is 0 Å². The van der Waals surface area contributed by atoms with Crippen molar-refractivity contribution in [3.05, 3.63) is 39.2 Å². The van der Waals surface area contributed by atoms with Crippen LogP contribution in [0.5, 0.6) is 5.75 Å². The van der Waals surface area contributed by atoms with Crippen LogP contribution in [0.3, 0.4) is 0 Å². The Morgan fingerprint density at radius 3 is 2.93 bits per heavy atom. The number of likely N-dealkylation sites (tertiary alicyclic amines) is 1. The average molecular weight is 411 g/mol. The summed E-state index contributed by atoms with van der Waals surface area (Å²) in [5, 5.41) is 11.7. The van der Waals surface area contributed by atoms with E-state index in [1.54, 1.807) is 0 Å². The second-order valence-corrected chi connectivity index (χ2v) is 9.26. The molecule has 2 fully saturated rings. The molecular weight excluding hydrogens is 382 g/mol. The third-order valence-electron chi connectivity index (χ3n) is 7.31. The van der Waals surface area contributed by atoms with Crippen LogP contribution in [0, 0.1) is 12.8 Å². The Labute approximate surface area is 175 Å². The topological polar surface area (TPSA) is 80.0 Å². The van der Waals surface area contributed by atoms with Crippen LogP contribution in [-0.2, 0) is 17.6 Å². The molecule has 1 saturated heterocycles. The molecule has 1 aromatic carbocycles. The van der Waals surface area contributed by atoms with Gasteiger partial charge in [0.25, 0.3) is 5.91 Å². The number of aryl methyl sites for hydroxylation is 2. The van der Waals surface area contributed by atoms with Crippen LogP contribution in [0.1, 0.15) is 55.2 Å². The van der Waals surface area contributed by atoms with Crippen LogP contribution in [0.2, 0.25) is 0 Å². The summed E-state index contributed by atoms with van der Waals surface area (Å²) in [6.45, 7) is 3.07. The molecule has 0 radical (unpaired) electrons. The standard InChI is InChI=1S/C24H29NO5/c1-15-11-19(22-17-6-4-7-18(17)23(27)30-20(22)12-15)29-14-21(26)25-10-9-24(28)8-3-2-5-16(24)13-25/h11-12,16,28H,2-10,13-14H2,1H3/t16-,24+/m1/s1. The van der Waals surface area contributed by atoms with Crippen molar-refractivity contribution in [2.24, 2.45) is 5.92 Å². The maximum Gasteiger partial charge on any atom is 0.339 e. The van der Waals surface area contributed by atoms with Gasteiger partial charge in [0.1, 0.15) is 11.3 Å². The molecule has 2 atom stereocenters. The number of amides is 1. The fourth-order valence-corrected chi connectivity index (χ4v) is 5.65. The number of ether oxygens (including phenoxy) is 1. The first-order valence-electron chi connectivity index (χ1n) is 11.2. The normalized spacial score (nSPS) is 25.8. The quantitative estimate of drug-likeness (QED) is 0.785. The molecule has 1 amide bonds. The van der Waals surface area contributed by atoms with Crippen molar-refractivity contribution in [2.75, 3.05) is 19.7 Å². The lowest BCUT2D eigenvalue weighted by Crippen LogP contribution is -2.55. The SMILES string of the molecule is Cc1cc(OCC(=O)N2CC[C@@]3(O)CCCC[C@@H]3C2)c2c3c(c(=O)oc2c1)CCC3. The summed E-state index contributed by atoms with van der Waals surface area (Å²) in [6, 6.07) is 3.78. The zero-order chi connectivity index (χ0) is 20.9. The third kappa shape index (κ3) is 3.31. The minimum atomic E-state index is -0.597. The second-order valence-electron chi connectivity index (χ2n) is 9.26. The monoisotopic (exact) mass is 411 g/mol. The van der Waals surface area contributed by atoms with E-state index < -0.39 is 5.60 Å². The number of hydrogen-bond donors (Lipinski definition) is 1. The molecule has 0 bridgehead atoms. The zero-order valence-electron chi connectivity index (χ0n) is 17.5.